The Kier molecular flexibility index (Phi) is 2.56. The van der Waals surface area contributed by atoms with Crippen molar-refractivity contribution in [3.05, 3.63) is 0 Å². The van der Waals surface area contributed by atoms with Crippen molar-refractivity contribution < 1.29 is 26.0 Å². The molecule has 0 unspecified atom stereocenters. The summed E-state index contributed by atoms with van der Waals surface area (Å²) in [6.07, 6.45) is -4.56. The molecule has 0 radical (unpaired) electrons. The van der Waals surface area contributed by atoms with Crippen LogP contribution in [0.4, 0.5) is 17.6 Å². The van der Waals surface area contributed by atoms with Crippen LogP contribution in [0.3, 0.4) is 0 Å². The van der Waals surface area contributed by atoms with Gasteiger partial charge in [-0.3, -0.25) is 0 Å². The van der Waals surface area contributed by atoms with Crippen molar-refractivity contribution >= 4 is 9.84 Å². The number of hydrogen-bond acceptors (Lipinski definition) is 3. The van der Waals surface area contributed by atoms with Crippen LogP contribution in [-0.2, 0) is 9.84 Å². The lowest BCUT2D eigenvalue weighted by molar-refractivity contribution is -0.221. The fraction of sp³-hybridized carbons (Fsp3) is 1.00. The topological polar surface area (TPSA) is 46.2 Å². The van der Waals surface area contributed by atoms with Crippen LogP contribution in [0, 0.1) is 0 Å². The Morgan fingerprint density at radius 2 is 1.93 bits per heavy atom. The van der Waals surface area contributed by atoms with Gasteiger partial charge in [0.2, 0.25) is 5.67 Å². The summed E-state index contributed by atoms with van der Waals surface area (Å²) in [5, 5.41) is 0.0556. The molecule has 1 saturated heterocycles. The first-order chi connectivity index (χ1) is 6.09. The van der Waals surface area contributed by atoms with Crippen LogP contribution in [0.15, 0.2) is 0 Å². The molecule has 1 aliphatic rings. The Morgan fingerprint density at radius 1 is 1.43 bits per heavy atom. The zero-order valence-corrected chi connectivity index (χ0v) is 8.04. The van der Waals surface area contributed by atoms with Crippen LogP contribution >= 0.6 is 0 Å². The quantitative estimate of drug-likeness (QED) is 0.664. The molecular weight excluding hydrogens is 226 g/mol. The van der Waals surface area contributed by atoms with Gasteiger partial charge in [0.05, 0.1) is 0 Å². The summed E-state index contributed by atoms with van der Waals surface area (Å²) in [6, 6.07) is 0. The van der Waals surface area contributed by atoms with Gasteiger partial charge in [0.15, 0.2) is 9.84 Å². The summed E-state index contributed by atoms with van der Waals surface area (Å²) < 4.78 is 72.0. The van der Waals surface area contributed by atoms with Gasteiger partial charge in [0.1, 0.15) is 5.25 Å². The minimum Gasteiger partial charge on any atom is -0.312 e. The highest BCUT2D eigenvalue weighted by atomic mass is 32.2. The fourth-order valence-electron chi connectivity index (χ4n) is 1.43. The first kappa shape index (κ1) is 11.7. The molecule has 0 aromatic carbocycles. The second-order valence-electron chi connectivity index (χ2n) is 3.31. The number of halogens is 4. The van der Waals surface area contributed by atoms with Gasteiger partial charge in [0, 0.05) is 19.3 Å². The van der Waals surface area contributed by atoms with Crippen molar-refractivity contribution in [2.24, 2.45) is 0 Å². The summed E-state index contributed by atoms with van der Waals surface area (Å²) >= 11 is 0. The number of alkyl halides is 4. The third kappa shape index (κ3) is 1.72. The lowest BCUT2D eigenvalue weighted by atomic mass is 10.1. The van der Waals surface area contributed by atoms with Gasteiger partial charge in [-0.15, -0.1) is 0 Å². The first-order valence-corrected chi connectivity index (χ1v) is 5.70. The summed E-state index contributed by atoms with van der Waals surface area (Å²) in [6.45, 7) is -1.51. The maximum atomic E-state index is 13.4. The van der Waals surface area contributed by atoms with Crippen LogP contribution in [0.5, 0.6) is 0 Å². The number of nitrogens with one attached hydrogen (secondary N) is 1. The van der Waals surface area contributed by atoms with E-state index in [4.69, 9.17) is 0 Å². The summed E-state index contributed by atoms with van der Waals surface area (Å²) in [5.74, 6) is 0. The highest BCUT2D eigenvalue weighted by Crippen LogP contribution is 2.41. The molecule has 0 aromatic heterocycles. The number of sulfone groups is 1. The van der Waals surface area contributed by atoms with E-state index in [1.54, 1.807) is 0 Å². The molecule has 0 aliphatic carbocycles. The van der Waals surface area contributed by atoms with Crippen LogP contribution in [-0.4, -0.2) is 44.9 Å². The van der Waals surface area contributed by atoms with Crippen molar-refractivity contribution in [3.63, 3.8) is 0 Å². The molecule has 14 heavy (non-hydrogen) atoms. The van der Waals surface area contributed by atoms with Gasteiger partial charge in [-0.2, -0.15) is 13.2 Å². The number of rotatable bonds is 1. The Bertz CT molecular complexity index is 325. The molecule has 0 bridgehead atoms. The van der Waals surface area contributed by atoms with Gasteiger partial charge in [-0.05, 0) is 0 Å². The van der Waals surface area contributed by atoms with E-state index in [1.165, 1.54) is 0 Å². The summed E-state index contributed by atoms with van der Waals surface area (Å²) in [5.41, 5.74) is -3.67. The molecule has 3 nitrogen and oxygen atoms in total. The maximum absolute atomic E-state index is 13.4. The molecule has 1 rings (SSSR count). The van der Waals surface area contributed by atoms with E-state index < -0.39 is 40.0 Å². The fourth-order valence-corrected chi connectivity index (χ4v) is 2.75. The van der Waals surface area contributed by atoms with Crippen molar-refractivity contribution in [2.75, 3.05) is 19.3 Å². The smallest absolute Gasteiger partial charge is 0.312 e. The van der Waals surface area contributed by atoms with Gasteiger partial charge in [0.25, 0.3) is 0 Å². The third-order valence-electron chi connectivity index (χ3n) is 2.21. The molecule has 0 amide bonds. The second-order valence-corrected chi connectivity index (χ2v) is 5.54. The van der Waals surface area contributed by atoms with Crippen LogP contribution in [0.25, 0.3) is 0 Å². The Morgan fingerprint density at radius 3 is 2.21 bits per heavy atom. The predicted molar refractivity (Wildman–Crippen MR) is 41.4 cm³/mol. The predicted octanol–water partition coefficient (Wildman–Crippen LogP) is 0.273. The minimum absolute atomic E-state index is 0.505. The number of hydrogen-bond donors (Lipinski definition) is 1. The Balaban J connectivity index is 3.11. The van der Waals surface area contributed by atoms with E-state index in [9.17, 15) is 26.0 Å². The molecule has 2 atom stereocenters. The largest absolute Gasteiger partial charge is 0.425 e. The van der Waals surface area contributed by atoms with Crippen LogP contribution < -0.4 is 5.32 Å². The first-order valence-electron chi connectivity index (χ1n) is 3.74. The monoisotopic (exact) mass is 235 g/mol. The average molecular weight is 235 g/mol. The Labute approximate surface area is 78.4 Å². The van der Waals surface area contributed by atoms with Gasteiger partial charge in [-0.25, -0.2) is 12.8 Å². The van der Waals surface area contributed by atoms with E-state index >= 15 is 0 Å². The van der Waals surface area contributed by atoms with Gasteiger partial charge in [-0.1, -0.05) is 0 Å². The van der Waals surface area contributed by atoms with Crippen molar-refractivity contribution in [3.8, 4) is 0 Å². The minimum atomic E-state index is -5.16. The molecule has 0 aromatic rings. The molecule has 1 heterocycles. The maximum Gasteiger partial charge on any atom is 0.425 e. The zero-order valence-electron chi connectivity index (χ0n) is 7.23. The van der Waals surface area contributed by atoms with Crippen molar-refractivity contribution in [2.45, 2.75) is 17.1 Å². The molecule has 1 N–H and O–H groups in total. The normalized spacial score (nSPS) is 34.8. The summed E-state index contributed by atoms with van der Waals surface area (Å²) in [7, 11) is -4.05. The van der Waals surface area contributed by atoms with E-state index in [2.05, 4.69) is 5.32 Å². The van der Waals surface area contributed by atoms with E-state index in [0.29, 0.717) is 6.26 Å². The summed E-state index contributed by atoms with van der Waals surface area (Å²) in [4.78, 5) is 0. The molecule has 1 fully saturated rings. The molecule has 8 heteroatoms. The van der Waals surface area contributed by atoms with E-state index in [1.807, 2.05) is 0 Å². The zero-order chi connectivity index (χ0) is 11.2. The molecular formula is C6H9F4NO2S. The lowest BCUT2D eigenvalue weighted by Gasteiger charge is -2.27. The van der Waals surface area contributed by atoms with Crippen LogP contribution in [0.1, 0.15) is 0 Å². The van der Waals surface area contributed by atoms with Crippen LogP contribution in [0.2, 0.25) is 0 Å². The SMILES string of the molecule is CS(=O)(=O)[C@@H]1CNC[C@@]1(F)C(F)(F)F. The molecule has 0 spiro atoms. The average Bonchev–Trinajstić information content (AvgIpc) is 2.28. The molecule has 84 valence electrons. The van der Waals surface area contributed by atoms with Crippen molar-refractivity contribution in [1.29, 1.82) is 0 Å². The lowest BCUT2D eigenvalue weighted by Crippen LogP contribution is -2.53. The van der Waals surface area contributed by atoms with E-state index in [0.717, 1.165) is 0 Å². The highest BCUT2D eigenvalue weighted by Gasteiger charge is 2.65. The molecule has 0 saturated carbocycles. The highest BCUT2D eigenvalue weighted by molar-refractivity contribution is 7.91. The second kappa shape index (κ2) is 3.06. The Hall–Kier alpha value is -0.370. The van der Waals surface area contributed by atoms with Gasteiger partial charge >= 0.3 is 6.18 Å². The van der Waals surface area contributed by atoms with E-state index in [-0.39, 0.29) is 0 Å². The van der Waals surface area contributed by atoms with Crippen molar-refractivity contribution in [1.82, 2.24) is 5.32 Å². The molecule has 1 aliphatic heterocycles. The van der Waals surface area contributed by atoms with Gasteiger partial charge < -0.3 is 5.32 Å². The third-order valence-corrected chi connectivity index (χ3v) is 3.78. The standard InChI is InChI=1S/C6H9F4NO2S/c1-14(12,13)4-2-11-3-5(4,7)6(8,9)10/h4,11H,2-3H2,1H3/t4-,5+/m1/s1.